The highest BCUT2D eigenvalue weighted by molar-refractivity contribution is 6.02. The van der Waals surface area contributed by atoms with Crippen molar-refractivity contribution in [1.82, 2.24) is 10.2 Å². The van der Waals surface area contributed by atoms with Gasteiger partial charge in [0.2, 0.25) is 5.91 Å². The van der Waals surface area contributed by atoms with E-state index in [1.54, 1.807) is 71.6 Å². The lowest BCUT2D eigenvalue weighted by molar-refractivity contribution is -0.119. The molecule has 1 atom stereocenters. The monoisotopic (exact) mass is 445 g/mol. The van der Waals surface area contributed by atoms with Crippen LogP contribution in [0.3, 0.4) is 0 Å². The van der Waals surface area contributed by atoms with Gasteiger partial charge in [-0.05, 0) is 55.3 Å². The van der Waals surface area contributed by atoms with Crippen LogP contribution in [0, 0.1) is 5.82 Å². The summed E-state index contributed by atoms with van der Waals surface area (Å²) in [4.78, 5) is 39.6. The zero-order valence-electron chi connectivity index (χ0n) is 18.0. The number of likely N-dealkylation sites (tertiary alicyclic amines) is 1. The van der Waals surface area contributed by atoms with Gasteiger partial charge in [-0.3, -0.25) is 14.4 Å². The minimum absolute atomic E-state index is 0.0803. The van der Waals surface area contributed by atoms with Crippen molar-refractivity contribution in [2.45, 2.75) is 25.4 Å². The summed E-state index contributed by atoms with van der Waals surface area (Å²) in [7, 11) is 0. The minimum atomic E-state index is -0.540. The van der Waals surface area contributed by atoms with Crippen LogP contribution in [0.5, 0.6) is 0 Å². The molecule has 4 rings (SSSR count). The number of hydrogen-bond donors (Lipinski definition) is 2. The minimum Gasteiger partial charge on any atom is -0.348 e. The maximum Gasteiger partial charge on any atom is 0.254 e. The van der Waals surface area contributed by atoms with Gasteiger partial charge in [-0.25, -0.2) is 4.39 Å². The molecule has 1 saturated heterocycles. The summed E-state index contributed by atoms with van der Waals surface area (Å²) >= 11 is 0. The van der Waals surface area contributed by atoms with Crippen LogP contribution in [-0.4, -0.2) is 35.2 Å². The first-order chi connectivity index (χ1) is 16.0. The third-order valence-electron chi connectivity index (χ3n) is 5.65. The van der Waals surface area contributed by atoms with Crippen LogP contribution in [0.1, 0.15) is 39.1 Å². The molecule has 3 aromatic carbocycles. The Morgan fingerprint density at radius 2 is 1.58 bits per heavy atom. The first-order valence-corrected chi connectivity index (χ1v) is 10.8. The maximum atomic E-state index is 13.7. The summed E-state index contributed by atoms with van der Waals surface area (Å²) in [5.41, 5.74) is 1.89. The molecule has 3 aromatic rings. The van der Waals surface area contributed by atoms with Gasteiger partial charge in [0.15, 0.2) is 0 Å². The van der Waals surface area contributed by atoms with Gasteiger partial charge in [0.05, 0.1) is 0 Å². The molecule has 1 aliphatic heterocycles. The largest absolute Gasteiger partial charge is 0.348 e. The molecule has 0 radical (unpaired) electrons. The van der Waals surface area contributed by atoms with E-state index in [-0.39, 0.29) is 30.1 Å². The third kappa shape index (κ3) is 5.26. The van der Waals surface area contributed by atoms with E-state index in [0.717, 1.165) is 6.42 Å². The Morgan fingerprint density at radius 3 is 2.30 bits per heavy atom. The number of benzene rings is 3. The Morgan fingerprint density at radius 1 is 0.879 bits per heavy atom. The molecule has 168 valence electrons. The number of nitrogens with zero attached hydrogens (tertiary/aromatic N) is 1. The highest BCUT2D eigenvalue weighted by atomic mass is 19.1. The molecule has 3 amide bonds. The summed E-state index contributed by atoms with van der Waals surface area (Å²) in [6.45, 7) is 0.615. The number of anilines is 1. The van der Waals surface area contributed by atoms with Crippen molar-refractivity contribution in [2.24, 2.45) is 0 Å². The standard InChI is InChI=1S/C26H24FN3O3/c27-22-10-5-4-9-20(22)17-28-24(31)18-12-14-21(15-13-18)29-25(32)23-11-6-16-30(23)26(33)19-7-2-1-3-8-19/h1-5,7-10,12-15,23H,6,11,16-17H2,(H,28,31)(H,29,32). The lowest BCUT2D eigenvalue weighted by atomic mass is 10.1. The average Bonchev–Trinajstić information content (AvgIpc) is 3.34. The number of hydrogen-bond acceptors (Lipinski definition) is 3. The molecule has 33 heavy (non-hydrogen) atoms. The number of carbonyl (C=O) groups is 3. The van der Waals surface area contributed by atoms with Gasteiger partial charge in [-0.1, -0.05) is 36.4 Å². The predicted molar refractivity (Wildman–Crippen MR) is 123 cm³/mol. The van der Waals surface area contributed by atoms with E-state index >= 15 is 0 Å². The average molecular weight is 445 g/mol. The molecule has 7 heteroatoms. The Bertz CT molecular complexity index is 1150. The summed E-state index contributed by atoms with van der Waals surface area (Å²) in [5, 5.41) is 5.52. The van der Waals surface area contributed by atoms with E-state index in [9.17, 15) is 18.8 Å². The second-order valence-electron chi connectivity index (χ2n) is 7.86. The van der Waals surface area contributed by atoms with Gasteiger partial charge in [0.25, 0.3) is 11.8 Å². The number of halogens is 1. The number of carbonyl (C=O) groups excluding carboxylic acids is 3. The highest BCUT2D eigenvalue weighted by Gasteiger charge is 2.34. The van der Waals surface area contributed by atoms with Crippen molar-refractivity contribution < 1.29 is 18.8 Å². The van der Waals surface area contributed by atoms with E-state index in [2.05, 4.69) is 10.6 Å². The van der Waals surface area contributed by atoms with Crippen molar-refractivity contribution in [2.75, 3.05) is 11.9 Å². The normalized spacial score (nSPS) is 15.2. The zero-order valence-corrected chi connectivity index (χ0v) is 18.0. The Kier molecular flexibility index (Phi) is 6.78. The highest BCUT2D eigenvalue weighted by Crippen LogP contribution is 2.22. The van der Waals surface area contributed by atoms with Crippen LogP contribution in [0.25, 0.3) is 0 Å². The van der Waals surface area contributed by atoms with Crippen molar-refractivity contribution in [1.29, 1.82) is 0 Å². The molecule has 0 aromatic heterocycles. The smallest absolute Gasteiger partial charge is 0.254 e. The molecule has 0 saturated carbocycles. The fourth-order valence-electron chi connectivity index (χ4n) is 3.88. The molecule has 1 fully saturated rings. The fraction of sp³-hybridized carbons (Fsp3) is 0.192. The summed E-state index contributed by atoms with van der Waals surface area (Å²) in [6.07, 6.45) is 1.36. The molecule has 0 bridgehead atoms. The fourth-order valence-corrected chi connectivity index (χ4v) is 3.88. The maximum absolute atomic E-state index is 13.7. The molecule has 1 aliphatic rings. The summed E-state index contributed by atoms with van der Waals surface area (Å²) in [6, 6.07) is 21.1. The molecule has 1 heterocycles. The van der Waals surface area contributed by atoms with Crippen molar-refractivity contribution in [3.8, 4) is 0 Å². The third-order valence-corrected chi connectivity index (χ3v) is 5.65. The van der Waals surface area contributed by atoms with Crippen molar-refractivity contribution >= 4 is 23.4 Å². The Hall–Kier alpha value is -4.00. The second kappa shape index (κ2) is 10.1. The first kappa shape index (κ1) is 22.2. The zero-order chi connectivity index (χ0) is 23.2. The van der Waals surface area contributed by atoms with E-state index in [0.29, 0.717) is 35.3 Å². The molecule has 6 nitrogen and oxygen atoms in total. The van der Waals surface area contributed by atoms with Crippen LogP contribution in [0.4, 0.5) is 10.1 Å². The van der Waals surface area contributed by atoms with Crippen molar-refractivity contribution in [3.05, 3.63) is 101 Å². The summed E-state index contributed by atoms with van der Waals surface area (Å²) in [5.74, 6) is -1.13. The first-order valence-electron chi connectivity index (χ1n) is 10.8. The van der Waals surface area contributed by atoms with Crippen LogP contribution in [0.15, 0.2) is 78.9 Å². The van der Waals surface area contributed by atoms with Gasteiger partial charge in [0.1, 0.15) is 11.9 Å². The van der Waals surface area contributed by atoms with Crippen LogP contribution in [0.2, 0.25) is 0 Å². The van der Waals surface area contributed by atoms with Gasteiger partial charge >= 0.3 is 0 Å². The molecule has 2 N–H and O–H groups in total. The second-order valence-corrected chi connectivity index (χ2v) is 7.86. The predicted octanol–water partition coefficient (Wildman–Crippen LogP) is 4.00. The molecular weight excluding hydrogens is 421 g/mol. The summed E-state index contributed by atoms with van der Waals surface area (Å²) < 4.78 is 13.7. The number of nitrogens with one attached hydrogen (secondary N) is 2. The molecule has 0 spiro atoms. The number of amides is 3. The number of rotatable bonds is 6. The van der Waals surface area contributed by atoms with E-state index in [1.165, 1.54) is 6.07 Å². The van der Waals surface area contributed by atoms with Gasteiger partial charge in [0, 0.05) is 35.5 Å². The topological polar surface area (TPSA) is 78.5 Å². The quantitative estimate of drug-likeness (QED) is 0.602. The van der Waals surface area contributed by atoms with Crippen LogP contribution < -0.4 is 10.6 Å². The van der Waals surface area contributed by atoms with E-state index in [1.807, 2.05) is 6.07 Å². The lowest BCUT2D eigenvalue weighted by Gasteiger charge is -2.24. The van der Waals surface area contributed by atoms with Crippen molar-refractivity contribution in [3.63, 3.8) is 0 Å². The van der Waals surface area contributed by atoms with E-state index < -0.39 is 6.04 Å². The van der Waals surface area contributed by atoms with Crippen LogP contribution in [-0.2, 0) is 11.3 Å². The SMILES string of the molecule is O=C(NCc1ccccc1F)c1ccc(NC(=O)C2CCCN2C(=O)c2ccccc2)cc1. The lowest BCUT2D eigenvalue weighted by Crippen LogP contribution is -2.43. The Labute approximate surface area is 191 Å². The molecular formula is C26H24FN3O3. The van der Waals surface area contributed by atoms with Gasteiger partial charge in [-0.2, -0.15) is 0 Å². The van der Waals surface area contributed by atoms with Gasteiger partial charge < -0.3 is 15.5 Å². The van der Waals surface area contributed by atoms with E-state index in [4.69, 9.17) is 0 Å². The molecule has 0 aliphatic carbocycles. The van der Waals surface area contributed by atoms with Crippen LogP contribution >= 0.6 is 0 Å². The Balaban J connectivity index is 1.35. The van der Waals surface area contributed by atoms with Gasteiger partial charge in [-0.15, -0.1) is 0 Å². The molecule has 1 unspecified atom stereocenters.